The second-order valence-corrected chi connectivity index (χ2v) is 7.28. The lowest BCUT2D eigenvalue weighted by Gasteiger charge is -2.33. The number of sulfonamides is 1. The molecule has 0 bridgehead atoms. The molecule has 1 fully saturated rings. The van der Waals surface area contributed by atoms with E-state index in [2.05, 4.69) is 5.32 Å². The quantitative estimate of drug-likeness (QED) is 0.904. The van der Waals surface area contributed by atoms with Gasteiger partial charge in [-0.2, -0.15) is 0 Å². The fourth-order valence-electron chi connectivity index (χ4n) is 2.34. The number of alkyl halides is 1. The van der Waals surface area contributed by atoms with Gasteiger partial charge in [0, 0.05) is 32.5 Å². The van der Waals surface area contributed by atoms with Crippen LogP contribution in [-0.2, 0) is 21.4 Å². The maximum absolute atomic E-state index is 14.6. The van der Waals surface area contributed by atoms with Crippen molar-refractivity contribution in [2.75, 3.05) is 19.3 Å². The van der Waals surface area contributed by atoms with Crippen LogP contribution in [0.25, 0.3) is 0 Å². The zero-order valence-corrected chi connectivity index (χ0v) is 12.7. The second-order valence-electron chi connectivity index (χ2n) is 5.30. The first-order valence-electron chi connectivity index (χ1n) is 6.77. The lowest BCUT2D eigenvalue weighted by atomic mass is 9.93. The van der Waals surface area contributed by atoms with E-state index < -0.39 is 21.6 Å². The van der Waals surface area contributed by atoms with Crippen LogP contribution in [0, 0.1) is 0 Å². The van der Waals surface area contributed by atoms with Crippen LogP contribution >= 0.6 is 0 Å². The van der Waals surface area contributed by atoms with Crippen LogP contribution in [0.2, 0.25) is 0 Å². The molecule has 0 atom stereocenters. The van der Waals surface area contributed by atoms with Crippen molar-refractivity contribution in [1.29, 1.82) is 0 Å². The van der Waals surface area contributed by atoms with E-state index in [1.807, 2.05) is 30.3 Å². The topological polar surface area (TPSA) is 66.5 Å². The molecule has 116 valence electrons. The minimum absolute atomic E-state index is 0.0358. The highest BCUT2D eigenvalue weighted by Crippen LogP contribution is 2.28. The zero-order valence-electron chi connectivity index (χ0n) is 11.9. The molecule has 21 heavy (non-hydrogen) atoms. The van der Waals surface area contributed by atoms with E-state index in [1.165, 1.54) is 4.31 Å². The zero-order chi connectivity index (χ0) is 15.5. The van der Waals surface area contributed by atoms with E-state index in [0.29, 0.717) is 0 Å². The van der Waals surface area contributed by atoms with Gasteiger partial charge in [0.05, 0.1) is 6.26 Å². The van der Waals surface area contributed by atoms with Gasteiger partial charge >= 0.3 is 0 Å². The van der Waals surface area contributed by atoms with E-state index in [0.717, 1.165) is 11.8 Å². The number of carbonyl (C=O) groups excluding carboxylic acids is 1. The van der Waals surface area contributed by atoms with Gasteiger partial charge in [-0.15, -0.1) is 0 Å². The highest BCUT2D eigenvalue weighted by Gasteiger charge is 2.43. The first kappa shape index (κ1) is 15.9. The first-order chi connectivity index (χ1) is 9.81. The molecule has 0 aliphatic carbocycles. The average molecular weight is 314 g/mol. The Kier molecular flexibility index (Phi) is 4.63. The number of halogens is 1. The van der Waals surface area contributed by atoms with Gasteiger partial charge in [-0.25, -0.2) is 17.1 Å². The van der Waals surface area contributed by atoms with Crippen LogP contribution in [0.4, 0.5) is 4.39 Å². The average Bonchev–Trinajstić information content (AvgIpc) is 2.45. The Morgan fingerprint density at radius 1 is 1.29 bits per heavy atom. The molecule has 0 aromatic heterocycles. The highest BCUT2D eigenvalue weighted by atomic mass is 32.2. The molecule has 1 amide bonds. The monoisotopic (exact) mass is 314 g/mol. The van der Waals surface area contributed by atoms with Crippen molar-refractivity contribution in [1.82, 2.24) is 9.62 Å². The summed E-state index contributed by atoms with van der Waals surface area (Å²) in [5.41, 5.74) is -1.10. The molecule has 1 N–H and O–H groups in total. The van der Waals surface area contributed by atoms with Crippen molar-refractivity contribution < 1.29 is 17.6 Å². The van der Waals surface area contributed by atoms with Crippen molar-refractivity contribution in [2.24, 2.45) is 0 Å². The predicted molar refractivity (Wildman–Crippen MR) is 77.8 cm³/mol. The van der Waals surface area contributed by atoms with Crippen LogP contribution in [0.15, 0.2) is 30.3 Å². The molecular weight excluding hydrogens is 295 g/mol. The standard InChI is InChI=1S/C14H19FN2O3S/c1-21(19,20)17-9-7-14(15,8-10-17)13(18)16-11-12-5-3-2-4-6-12/h2-6H,7-11H2,1H3,(H,16,18). The third-order valence-electron chi connectivity index (χ3n) is 3.69. The van der Waals surface area contributed by atoms with Gasteiger partial charge in [-0.05, 0) is 5.56 Å². The summed E-state index contributed by atoms with van der Waals surface area (Å²) in [6.07, 6.45) is 0.870. The van der Waals surface area contributed by atoms with E-state index in [1.54, 1.807) is 0 Å². The van der Waals surface area contributed by atoms with Crippen molar-refractivity contribution in [3.63, 3.8) is 0 Å². The Morgan fingerprint density at radius 2 is 1.86 bits per heavy atom. The molecule has 1 aliphatic heterocycles. The Hall–Kier alpha value is -1.47. The van der Waals surface area contributed by atoms with Crippen LogP contribution in [0.3, 0.4) is 0 Å². The fourth-order valence-corrected chi connectivity index (χ4v) is 3.18. The minimum atomic E-state index is -3.32. The Balaban J connectivity index is 1.91. The highest BCUT2D eigenvalue weighted by molar-refractivity contribution is 7.88. The predicted octanol–water partition coefficient (Wildman–Crippen LogP) is 1.07. The summed E-state index contributed by atoms with van der Waals surface area (Å²) in [6.45, 7) is 0.337. The number of benzene rings is 1. The maximum atomic E-state index is 14.6. The van der Waals surface area contributed by atoms with Gasteiger partial charge in [0.15, 0.2) is 5.67 Å². The SMILES string of the molecule is CS(=O)(=O)N1CCC(F)(C(=O)NCc2ccccc2)CC1. The fraction of sp³-hybridized carbons (Fsp3) is 0.500. The molecule has 0 unspecified atom stereocenters. The molecule has 2 rings (SSSR count). The molecule has 0 spiro atoms. The van der Waals surface area contributed by atoms with Crippen molar-refractivity contribution >= 4 is 15.9 Å². The van der Waals surface area contributed by atoms with E-state index in [-0.39, 0.29) is 32.5 Å². The molecule has 1 saturated heterocycles. The van der Waals surface area contributed by atoms with Crippen LogP contribution in [-0.4, -0.2) is 43.6 Å². The summed E-state index contributed by atoms with van der Waals surface area (Å²) in [6, 6.07) is 9.24. The van der Waals surface area contributed by atoms with Crippen LogP contribution < -0.4 is 5.32 Å². The molecule has 0 saturated carbocycles. The van der Waals surface area contributed by atoms with Gasteiger partial charge in [-0.3, -0.25) is 4.79 Å². The molecule has 0 radical (unpaired) electrons. The Morgan fingerprint density at radius 3 is 2.38 bits per heavy atom. The number of rotatable bonds is 4. The largest absolute Gasteiger partial charge is 0.349 e. The Bertz CT molecular complexity index is 596. The molecular formula is C14H19FN2O3S. The number of nitrogens with one attached hydrogen (secondary N) is 1. The number of hydrogen-bond acceptors (Lipinski definition) is 3. The van der Waals surface area contributed by atoms with Crippen molar-refractivity contribution in [2.45, 2.75) is 25.1 Å². The lowest BCUT2D eigenvalue weighted by molar-refractivity contribution is -0.135. The number of nitrogens with zero attached hydrogens (tertiary/aromatic N) is 1. The van der Waals surface area contributed by atoms with Crippen LogP contribution in [0.5, 0.6) is 0 Å². The van der Waals surface area contributed by atoms with Gasteiger partial charge < -0.3 is 5.32 Å². The van der Waals surface area contributed by atoms with Gasteiger partial charge in [0.25, 0.3) is 5.91 Å². The molecule has 1 heterocycles. The normalized spacial score (nSPS) is 19.1. The van der Waals surface area contributed by atoms with Crippen molar-refractivity contribution in [3.05, 3.63) is 35.9 Å². The van der Waals surface area contributed by atoms with Gasteiger partial charge in [0.1, 0.15) is 0 Å². The summed E-state index contributed by atoms with van der Waals surface area (Å²) in [5, 5.41) is 2.58. The second kappa shape index (κ2) is 6.11. The van der Waals surface area contributed by atoms with E-state index in [9.17, 15) is 17.6 Å². The summed E-state index contributed by atoms with van der Waals surface area (Å²) in [7, 11) is -3.32. The summed E-state index contributed by atoms with van der Waals surface area (Å²) in [4.78, 5) is 12.0. The first-order valence-corrected chi connectivity index (χ1v) is 8.62. The van der Waals surface area contributed by atoms with Crippen molar-refractivity contribution in [3.8, 4) is 0 Å². The van der Waals surface area contributed by atoms with Crippen LogP contribution in [0.1, 0.15) is 18.4 Å². The minimum Gasteiger partial charge on any atom is -0.349 e. The summed E-state index contributed by atoms with van der Waals surface area (Å²) < 4.78 is 38.6. The Labute approximate surface area is 124 Å². The number of piperidine rings is 1. The molecule has 1 aliphatic rings. The van der Waals surface area contributed by atoms with E-state index >= 15 is 0 Å². The lowest BCUT2D eigenvalue weighted by Crippen LogP contribution is -2.51. The molecule has 7 heteroatoms. The molecule has 5 nitrogen and oxygen atoms in total. The molecule has 1 aromatic carbocycles. The third-order valence-corrected chi connectivity index (χ3v) is 4.99. The number of amides is 1. The number of hydrogen-bond donors (Lipinski definition) is 1. The van der Waals surface area contributed by atoms with E-state index in [4.69, 9.17) is 0 Å². The van der Waals surface area contributed by atoms with Gasteiger partial charge in [0.2, 0.25) is 10.0 Å². The maximum Gasteiger partial charge on any atom is 0.258 e. The number of carbonyl (C=O) groups is 1. The van der Waals surface area contributed by atoms with Gasteiger partial charge in [-0.1, -0.05) is 30.3 Å². The third kappa shape index (κ3) is 4.01. The smallest absolute Gasteiger partial charge is 0.258 e. The summed E-state index contributed by atoms with van der Waals surface area (Å²) >= 11 is 0. The summed E-state index contributed by atoms with van der Waals surface area (Å²) in [5.74, 6) is -0.667. The molecule has 1 aromatic rings.